The first-order valence-electron chi connectivity index (χ1n) is 7.38. The molecule has 0 aliphatic heterocycles. The zero-order chi connectivity index (χ0) is 16.8. The molecule has 1 N–H and O–H groups in total. The number of ether oxygens (including phenoxy) is 1. The lowest BCUT2D eigenvalue weighted by molar-refractivity contribution is 0.344. The van der Waals surface area contributed by atoms with E-state index in [0.29, 0.717) is 17.4 Å². The van der Waals surface area contributed by atoms with Gasteiger partial charge in [-0.05, 0) is 31.2 Å². The molecule has 0 aliphatic carbocycles. The minimum atomic E-state index is 0.564. The predicted octanol–water partition coefficient (Wildman–Crippen LogP) is 5.41. The second-order valence-corrected chi connectivity index (χ2v) is 7.72. The molecule has 0 saturated heterocycles. The third-order valence-corrected chi connectivity index (χ3v) is 5.36. The average Bonchev–Trinajstić information content (AvgIpc) is 3.03. The van der Waals surface area contributed by atoms with E-state index >= 15 is 0 Å². The Morgan fingerprint density at radius 3 is 2.71 bits per heavy atom. The first-order valence-corrected chi connectivity index (χ1v) is 9.56. The van der Waals surface area contributed by atoms with Crippen LogP contribution >= 0.6 is 34.7 Å². The molecule has 0 aliphatic rings. The van der Waals surface area contributed by atoms with E-state index < -0.39 is 0 Å². The van der Waals surface area contributed by atoms with Gasteiger partial charge in [0.05, 0.1) is 11.6 Å². The van der Waals surface area contributed by atoms with Gasteiger partial charge in [0.25, 0.3) is 0 Å². The summed E-state index contributed by atoms with van der Waals surface area (Å²) >= 11 is 9.20. The van der Waals surface area contributed by atoms with Crippen LogP contribution in [0.5, 0.6) is 5.75 Å². The van der Waals surface area contributed by atoms with Gasteiger partial charge in [0.2, 0.25) is 5.13 Å². The fourth-order valence-electron chi connectivity index (χ4n) is 1.92. The second-order valence-electron chi connectivity index (χ2n) is 4.99. The molecule has 0 bridgehead atoms. The average molecular weight is 378 g/mol. The van der Waals surface area contributed by atoms with Crippen LogP contribution in [0.1, 0.15) is 5.56 Å². The molecular formula is C17H16ClN3OS2. The molecule has 1 heterocycles. The number of thioether (sulfide) groups is 1. The van der Waals surface area contributed by atoms with Crippen LogP contribution in [0.15, 0.2) is 52.9 Å². The molecule has 0 saturated carbocycles. The van der Waals surface area contributed by atoms with E-state index in [9.17, 15) is 0 Å². The largest absolute Gasteiger partial charge is 0.491 e. The van der Waals surface area contributed by atoms with Gasteiger partial charge in [-0.3, -0.25) is 0 Å². The highest BCUT2D eigenvalue weighted by Gasteiger charge is 2.06. The molecule has 4 nitrogen and oxygen atoms in total. The van der Waals surface area contributed by atoms with Gasteiger partial charge in [0.1, 0.15) is 5.75 Å². The van der Waals surface area contributed by atoms with Crippen molar-refractivity contribution in [2.75, 3.05) is 17.7 Å². The molecule has 0 radical (unpaired) electrons. The van der Waals surface area contributed by atoms with Gasteiger partial charge in [-0.1, -0.05) is 64.5 Å². The van der Waals surface area contributed by atoms with E-state index in [2.05, 4.69) is 34.6 Å². The van der Waals surface area contributed by atoms with Crippen LogP contribution in [-0.2, 0) is 0 Å². The smallest absolute Gasteiger partial charge is 0.210 e. The molecule has 24 heavy (non-hydrogen) atoms. The van der Waals surface area contributed by atoms with Crippen LogP contribution in [0.2, 0.25) is 5.02 Å². The summed E-state index contributed by atoms with van der Waals surface area (Å²) in [6, 6.07) is 15.6. The maximum Gasteiger partial charge on any atom is 0.210 e. The lowest BCUT2D eigenvalue weighted by atomic mass is 10.2. The molecule has 7 heteroatoms. The molecule has 0 unspecified atom stereocenters. The molecule has 0 fully saturated rings. The number of para-hydroxylation sites is 1. The predicted molar refractivity (Wildman–Crippen MR) is 102 cm³/mol. The molecule has 3 aromatic rings. The molecular weight excluding hydrogens is 362 g/mol. The van der Waals surface area contributed by atoms with Gasteiger partial charge in [-0.25, -0.2) is 0 Å². The van der Waals surface area contributed by atoms with Crippen LogP contribution < -0.4 is 10.1 Å². The first-order chi connectivity index (χ1) is 11.7. The normalized spacial score (nSPS) is 10.6. The van der Waals surface area contributed by atoms with Gasteiger partial charge in [-0.2, -0.15) is 0 Å². The van der Waals surface area contributed by atoms with Crippen molar-refractivity contribution in [2.24, 2.45) is 0 Å². The molecule has 0 spiro atoms. The molecule has 1 aromatic heterocycles. The quantitative estimate of drug-likeness (QED) is 0.440. The number of rotatable bonds is 7. The number of hydrogen-bond acceptors (Lipinski definition) is 6. The monoisotopic (exact) mass is 377 g/mol. The van der Waals surface area contributed by atoms with Gasteiger partial charge in [-0.15, -0.1) is 10.2 Å². The maximum absolute atomic E-state index is 6.05. The Hall–Kier alpha value is -1.76. The Kier molecular flexibility index (Phi) is 5.96. The highest BCUT2D eigenvalue weighted by molar-refractivity contribution is 8.01. The lowest BCUT2D eigenvalue weighted by Crippen LogP contribution is -2.00. The van der Waals surface area contributed by atoms with E-state index in [1.54, 1.807) is 11.8 Å². The van der Waals surface area contributed by atoms with Gasteiger partial charge >= 0.3 is 0 Å². The van der Waals surface area contributed by atoms with Gasteiger partial charge in [0.15, 0.2) is 4.34 Å². The summed E-state index contributed by atoms with van der Waals surface area (Å²) in [7, 11) is 0. The Bertz CT molecular complexity index is 793. The Morgan fingerprint density at radius 2 is 1.92 bits per heavy atom. The number of benzene rings is 2. The topological polar surface area (TPSA) is 47.0 Å². The molecule has 0 amide bonds. The van der Waals surface area contributed by atoms with Crippen LogP contribution in [-0.4, -0.2) is 22.6 Å². The summed E-state index contributed by atoms with van der Waals surface area (Å²) in [6.07, 6.45) is 0. The van der Waals surface area contributed by atoms with E-state index in [0.717, 1.165) is 20.9 Å². The van der Waals surface area contributed by atoms with Crippen molar-refractivity contribution in [3.05, 3.63) is 59.1 Å². The molecule has 124 valence electrons. The van der Waals surface area contributed by atoms with Crippen molar-refractivity contribution in [3.8, 4) is 5.75 Å². The highest BCUT2D eigenvalue weighted by atomic mass is 35.5. The van der Waals surface area contributed by atoms with Crippen molar-refractivity contribution >= 4 is 45.5 Å². The van der Waals surface area contributed by atoms with Crippen molar-refractivity contribution < 1.29 is 4.74 Å². The Morgan fingerprint density at radius 1 is 1.12 bits per heavy atom. The SMILES string of the molecule is Cc1ccc(Nc2nnc(SCCOc3ccccc3Cl)s2)cc1. The summed E-state index contributed by atoms with van der Waals surface area (Å²) in [5, 5.41) is 13.0. The van der Waals surface area contributed by atoms with Crippen molar-refractivity contribution in [1.82, 2.24) is 10.2 Å². The van der Waals surface area contributed by atoms with Crippen molar-refractivity contribution in [2.45, 2.75) is 11.3 Å². The van der Waals surface area contributed by atoms with Crippen LogP contribution in [0.3, 0.4) is 0 Å². The Balaban J connectivity index is 1.46. The Labute approximate surface area is 154 Å². The lowest BCUT2D eigenvalue weighted by Gasteiger charge is -2.06. The molecule has 3 rings (SSSR count). The van der Waals surface area contributed by atoms with Gasteiger partial charge < -0.3 is 10.1 Å². The van der Waals surface area contributed by atoms with Gasteiger partial charge in [0, 0.05) is 11.4 Å². The zero-order valence-corrected chi connectivity index (χ0v) is 15.4. The van der Waals surface area contributed by atoms with Crippen LogP contribution in [0, 0.1) is 6.92 Å². The highest BCUT2D eigenvalue weighted by Crippen LogP contribution is 2.28. The summed E-state index contributed by atoms with van der Waals surface area (Å²) in [5.41, 5.74) is 2.24. The summed E-state index contributed by atoms with van der Waals surface area (Å²) in [4.78, 5) is 0. The molecule has 0 atom stereocenters. The first kappa shape index (κ1) is 17.1. The maximum atomic E-state index is 6.05. The minimum absolute atomic E-state index is 0.564. The second kappa shape index (κ2) is 8.37. The van der Waals surface area contributed by atoms with Crippen molar-refractivity contribution in [3.63, 3.8) is 0 Å². The summed E-state index contributed by atoms with van der Waals surface area (Å²) < 4.78 is 6.57. The number of hydrogen-bond donors (Lipinski definition) is 1. The van der Waals surface area contributed by atoms with Crippen LogP contribution in [0.4, 0.5) is 10.8 Å². The van der Waals surface area contributed by atoms with E-state index in [1.807, 2.05) is 36.4 Å². The molecule has 2 aromatic carbocycles. The number of nitrogens with zero attached hydrogens (tertiary/aromatic N) is 2. The van der Waals surface area contributed by atoms with E-state index in [-0.39, 0.29) is 0 Å². The number of halogens is 1. The number of nitrogens with one attached hydrogen (secondary N) is 1. The number of anilines is 2. The third-order valence-electron chi connectivity index (χ3n) is 3.11. The summed E-state index contributed by atoms with van der Waals surface area (Å²) in [6.45, 7) is 2.63. The number of aromatic nitrogens is 2. The fraction of sp³-hybridized carbons (Fsp3) is 0.176. The van der Waals surface area contributed by atoms with Crippen LogP contribution in [0.25, 0.3) is 0 Å². The van der Waals surface area contributed by atoms with Crippen molar-refractivity contribution in [1.29, 1.82) is 0 Å². The summed E-state index contributed by atoms with van der Waals surface area (Å²) in [5.74, 6) is 1.49. The zero-order valence-electron chi connectivity index (χ0n) is 13.0. The fourth-order valence-corrected chi connectivity index (χ4v) is 3.77. The van der Waals surface area contributed by atoms with E-state index in [1.165, 1.54) is 16.9 Å². The third kappa shape index (κ3) is 4.87. The number of aryl methyl sites for hydroxylation is 1. The standard InChI is InChI=1S/C17H16ClN3OS2/c1-12-6-8-13(9-7-12)19-16-20-21-17(24-16)23-11-10-22-15-5-3-2-4-14(15)18/h2-9H,10-11H2,1H3,(H,19,20). The minimum Gasteiger partial charge on any atom is -0.491 e. The van der Waals surface area contributed by atoms with E-state index in [4.69, 9.17) is 16.3 Å².